The molecule has 0 aromatic heterocycles. The molecule has 1 saturated carbocycles. The van der Waals surface area contributed by atoms with Crippen molar-refractivity contribution in [2.75, 3.05) is 6.61 Å². The van der Waals surface area contributed by atoms with E-state index in [1.54, 1.807) is 0 Å². The highest BCUT2D eigenvalue weighted by molar-refractivity contribution is 4.96. The first-order valence-corrected chi connectivity index (χ1v) is 5.66. The second-order valence-electron chi connectivity index (χ2n) is 5.94. The third-order valence-electron chi connectivity index (χ3n) is 3.98. The van der Waals surface area contributed by atoms with Crippen LogP contribution in [-0.2, 0) is 4.74 Å². The van der Waals surface area contributed by atoms with E-state index in [2.05, 4.69) is 20.8 Å². The van der Waals surface area contributed by atoms with Gasteiger partial charge in [-0.1, -0.05) is 20.8 Å². The van der Waals surface area contributed by atoms with E-state index in [4.69, 9.17) is 4.74 Å². The smallest absolute Gasteiger partial charge is 0.0685 e. The summed E-state index contributed by atoms with van der Waals surface area (Å²) in [5.41, 5.74) is 0.808. The zero-order chi connectivity index (χ0) is 9.53. The SMILES string of the molecule is CC(C)(C)[C@H]1CCOC2(CCC2)C1. The van der Waals surface area contributed by atoms with Crippen molar-refractivity contribution >= 4 is 0 Å². The van der Waals surface area contributed by atoms with E-state index in [1.165, 1.54) is 32.1 Å². The van der Waals surface area contributed by atoms with E-state index in [-0.39, 0.29) is 0 Å². The van der Waals surface area contributed by atoms with Crippen LogP contribution in [-0.4, -0.2) is 12.2 Å². The van der Waals surface area contributed by atoms with Gasteiger partial charge in [0, 0.05) is 6.61 Å². The second kappa shape index (κ2) is 2.98. The summed E-state index contributed by atoms with van der Waals surface area (Å²) in [7, 11) is 0. The van der Waals surface area contributed by atoms with E-state index >= 15 is 0 Å². The minimum Gasteiger partial charge on any atom is -0.375 e. The second-order valence-corrected chi connectivity index (χ2v) is 5.94. The van der Waals surface area contributed by atoms with Crippen molar-refractivity contribution in [2.45, 2.75) is 58.5 Å². The zero-order valence-electron chi connectivity index (χ0n) is 9.23. The lowest BCUT2D eigenvalue weighted by Gasteiger charge is -2.50. The molecule has 0 N–H and O–H groups in total. The Hall–Kier alpha value is -0.0400. The molecule has 1 spiro atoms. The molecule has 13 heavy (non-hydrogen) atoms. The van der Waals surface area contributed by atoms with Gasteiger partial charge < -0.3 is 4.74 Å². The van der Waals surface area contributed by atoms with Crippen molar-refractivity contribution in [3.05, 3.63) is 0 Å². The lowest BCUT2D eigenvalue weighted by Crippen LogP contribution is -2.47. The van der Waals surface area contributed by atoms with Gasteiger partial charge in [0.25, 0.3) is 0 Å². The lowest BCUT2D eigenvalue weighted by molar-refractivity contribution is -0.155. The summed E-state index contributed by atoms with van der Waals surface area (Å²) in [6, 6.07) is 0. The van der Waals surface area contributed by atoms with E-state index < -0.39 is 0 Å². The van der Waals surface area contributed by atoms with Crippen LogP contribution in [0.2, 0.25) is 0 Å². The van der Waals surface area contributed by atoms with Crippen molar-refractivity contribution in [3.8, 4) is 0 Å². The molecule has 2 fully saturated rings. The summed E-state index contributed by atoms with van der Waals surface area (Å²) in [6.45, 7) is 8.11. The average molecular weight is 182 g/mol. The Morgan fingerprint density at radius 1 is 1.23 bits per heavy atom. The zero-order valence-corrected chi connectivity index (χ0v) is 9.23. The molecule has 76 valence electrons. The minimum absolute atomic E-state index is 0.330. The minimum atomic E-state index is 0.330. The van der Waals surface area contributed by atoms with Gasteiger partial charge in [-0.05, 0) is 43.4 Å². The van der Waals surface area contributed by atoms with Gasteiger partial charge in [0.15, 0.2) is 0 Å². The van der Waals surface area contributed by atoms with Crippen LogP contribution in [0.25, 0.3) is 0 Å². The van der Waals surface area contributed by atoms with Crippen LogP contribution in [0.3, 0.4) is 0 Å². The molecule has 0 amide bonds. The molecule has 2 rings (SSSR count). The molecule has 0 unspecified atom stereocenters. The summed E-state index contributed by atoms with van der Waals surface area (Å²) in [5, 5.41) is 0. The molecular formula is C12H22O. The molecule has 2 aliphatic rings. The van der Waals surface area contributed by atoms with E-state index in [1.807, 2.05) is 0 Å². The van der Waals surface area contributed by atoms with Gasteiger partial charge in [-0.2, -0.15) is 0 Å². The van der Waals surface area contributed by atoms with E-state index in [0.717, 1.165) is 12.5 Å². The first kappa shape index (κ1) is 9.51. The Balaban J connectivity index is 2.00. The van der Waals surface area contributed by atoms with Crippen LogP contribution in [0.1, 0.15) is 52.9 Å². The third-order valence-corrected chi connectivity index (χ3v) is 3.98. The first-order chi connectivity index (χ1) is 6.02. The van der Waals surface area contributed by atoms with Crippen LogP contribution >= 0.6 is 0 Å². The van der Waals surface area contributed by atoms with Gasteiger partial charge in [0.05, 0.1) is 5.60 Å². The lowest BCUT2D eigenvalue weighted by atomic mass is 9.65. The summed E-state index contributed by atoms with van der Waals surface area (Å²) in [6.07, 6.45) is 6.61. The maximum atomic E-state index is 5.93. The summed E-state index contributed by atoms with van der Waals surface area (Å²) >= 11 is 0. The molecule has 0 aromatic rings. The quantitative estimate of drug-likeness (QED) is 0.558. The molecule has 1 aliphatic carbocycles. The van der Waals surface area contributed by atoms with E-state index in [0.29, 0.717) is 11.0 Å². The van der Waals surface area contributed by atoms with Gasteiger partial charge in [0.1, 0.15) is 0 Å². The predicted molar refractivity (Wildman–Crippen MR) is 54.7 cm³/mol. The highest BCUT2D eigenvalue weighted by Gasteiger charge is 2.44. The number of hydrogen-bond acceptors (Lipinski definition) is 1. The molecule has 1 saturated heterocycles. The van der Waals surface area contributed by atoms with E-state index in [9.17, 15) is 0 Å². The fourth-order valence-corrected chi connectivity index (χ4v) is 2.69. The molecule has 0 bridgehead atoms. The molecule has 0 aromatic carbocycles. The highest BCUT2D eigenvalue weighted by atomic mass is 16.5. The van der Waals surface area contributed by atoms with Crippen LogP contribution in [0.15, 0.2) is 0 Å². The molecule has 1 heterocycles. The topological polar surface area (TPSA) is 9.23 Å². The largest absolute Gasteiger partial charge is 0.375 e. The molecular weight excluding hydrogens is 160 g/mol. The monoisotopic (exact) mass is 182 g/mol. The van der Waals surface area contributed by atoms with Gasteiger partial charge in [-0.25, -0.2) is 0 Å². The van der Waals surface area contributed by atoms with Gasteiger partial charge >= 0.3 is 0 Å². The Morgan fingerprint density at radius 3 is 2.38 bits per heavy atom. The van der Waals surface area contributed by atoms with Crippen molar-refractivity contribution in [3.63, 3.8) is 0 Å². The van der Waals surface area contributed by atoms with Crippen LogP contribution in [0.4, 0.5) is 0 Å². The van der Waals surface area contributed by atoms with Crippen LogP contribution in [0.5, 0.6) is 0 Å². The summed E-state index contributed by atoms with van der Waals surface area (Å²) in [4.78, 5) is 0. The fourth-order valence-electron chi connectivity index (χ4n) is 2.69. The van der Waals surface area contributed by atoms with Crippen molar-refractivity contribution in [1.29, 1.82) is 0 Å². The van der Waals surface area contributed by atoms with Crippen molar-refractivity contribution in [2.24, 2.45) is 11.3 Å². The van der Waals surface area contributed by atoms with Gasteiger partial charge in [-0.15, -0.1) is 0 Å². The van der Waals surface area contributed by atoms with Crippen molar-refractivity contribution < 1.29 is 4.74 Å². The van der Waals surface area contributed by atoms with Crippen LogP contribution < -0.4 is 0 Å². The Bertz CT molecular complexity index is 186. The number of hydrogen-bond donors (Lipinski definition) is 0. The van der Waals surface area contributed by atoms with Gasteiger partial charge in [0.2, 0.25) is 0 Å². The molecule has 0 radical (unpaired) electrons. The number of ether oxygens (including phenoxy) is 1. The predicted octanol–water partition coefficient (Wildman–Crippen LogP) is 3.38. The van der Waals surface area contributed by atoms with Gasteiger partial charge in [-0.3, -0.25) is 0 Å². The normalized spacial score (nSPS) is 33.0. The summed E-state index contributed by atoms with van der Waals surface area (Å²) < 4.78 is 5.93. The Morgan fingerprint density at radius 2 is 1.92 bits per heavy atom. The standard InChI is InChI=1S/C12H22O/c1-11(2,3)10-5-8-13-12(9-10)6-4-7-12/h10H,4-9H2,1-3H3/t10-/m0/s1. The average Bonchev–Trinajstić information content (AvgIpc) is 2.00. The van der Waals surface area contributed by atoms with Crippen LogP contribution in [0, 0.1) is 11.3 Å². The highest BCUT2D eigenvalue weighted by Crippen LogP contribution is 2.48. The molecule has 1 atom stereocenters. The number of rotatable bonds is 0. The first-order valence-electron chi connectivity index (χ1n) is 5.66. The molecule has 1 heteroatoms. The molecule has 1 nitrogen and oxygen atoms in total. The molecule has 1 aliphatic heterocycles. The summed E-state index contributed by atoms with van der Waals surface area (Å²) in [5.74, 6) is 0.876. The fraction of sp³-hybridized carbons (Fsp3) is 1.00. The maximum Gasteiger partial charge on any atom is 0.0685 e. The third kappa shape index (κ3) is 1.76. The van der Waals surface area contributed by atoms with Crippen molar-refractivity contribution in [1.82, 2.24) is 0 Å². The Labute approximate surface area is 81.9 Å². The maximum absolute atomic E-state index is 5.93. The Kier molecular flexibility index (Phi) is 2.18.